The van der Waals surface area contributed by atoms with Gasteiger partial charge in [-0.25, -0.2) is 4.98 Å². The summed E-state index contributed by atoms with van der Waals surface area (Å²) in [6.45, 7) is 1.49. The van der Waals surface area contributed by atoms with Crippen LogP contribution in [0, 0.1) is 0 Å². The SMILES string of the molecule is CNCc1cnc(N(C)Cc2cccc(OC)c2)cn1. The Morgan fingerprint density at radius 1 is 1.25 bits per heavy atom. The molecule has 0 saturated heterocycles. The van der Waals surface area contributed by atoms with Gasteiger partial charge in [-0.15, -0.1) is 0 Å². The lowest BCUT2D eigenvalue weighted by molar-refractivity contribution is 0.414. The lowest BCUT2D eigenvalue weighted by Crippen LogP contribution is -2.18. The van der Waals surface area contributed by atoms with Gasteiger partial charge in [0.2, 0.25) is 0 Å². The van der Waals surface area contributed by atoms with E-state index >= 15 is 0 Å². The highest BCUT2D eigenvalue weighted by Crippen LogP contribution is 2.16. The second-order valence-electron chi connectivity index (χ2n) is 4.60. The number of aromatic nitrogens is 2. The van der Waals surface area contributed by atoms with E-state index in [1.54, 1.807) is 19.5 Å². The predicted octanol–water partition coefficient (Wildman–Crippen LogP) is 1.84. The van der Waals surface area contributed by atoms with E-state index in [-0.39, 0.29) is 0 Å². The predicted molar refractivity (Wildman–Crippen MR) is 79.9 cm³/mol. The third kappa shape index (κ3) is 3.68. The number of hydrogen-bond donors (Lipinski definition) is 1. The normalized spacial score (nSPS) is 10.3. The summed E-state index contributed by atoms with van der Waals surface area (Å²) in [7, 11) is 5.57. The number of nitrogens with zero attached hydrogens (tertiary/aromatic N) is 3. The van der Waals surface area contributed by atoms with Crippen LogP contribution in [0.15, 0.2) is 36.7 Å². The van der Waals surface area contributed by atoms with Gasteiger partial charge in [0, 0.05) is 20.1 Å². The van der Waals surface area contributed by atoms with Gasteiger partial charge in [0.1, 0.15) is 11.6 Å². The summed E-state index contributed by atoms with van der Waals surface area (Å²) >= 11 is 0. The minimum absolute atomic E-state index is 0.729. The second kappa shape index (κ2) is 6.86. The smallest absolute Gasteiger partial charge is 0.147 e. The van der Waals surface area contributed by atoms with Gasteiger partial charge in [0.25, 0.3) is 0 Å². The molecule has 2 rings (SSSR count). The van der Waals surface area contributed by atoms with Crippen LogP contribution < -0.4 is 15.0 Å². The molecule has 2 aromatic rings. The van der Waals surface area contributed by atoms with Crippen LogP contribution in [0.5, 0.6) is 5.75 Å². The summed E-state index contributed by atoms with van der Waals surface area (Å²) in [5.41, 5.74) is 2.11. The first kappa shape index (κ1) is 14.3. The molecule has 0 unspecified atom stereocenters. The van der Waals surface area contributed by atoms with Crippen LogP contribution in [0.4, 0.5) is 5.82 Å². The van der Waals surface area contributed by atoms with Gasteiger partial charge in [-0.05, 0) is 24.7 Å². The van der Waals surface area contributed by atoms with Gasteiger partial charge in [-0.1, -0.05) is 12.1 Å². The van der Waals surface area contributed by atoms with E-state index in [4.69, 9.17) is 4.74 Å². The quantitative estimate of drug-likeness (QED) is 0.869. The Hall–Kier alpha value is -2.14. The average molecular weight is 272 g/mol. The van der Waals surface area contributed by atoms with Crippen molar-refractivity contribution in [2.45, 2.75) is 13.1 Å². The van der Waals surface area contributed by atoms with E-state index in [1.807, 2.05) is 32.3 Å². The fourth-order valence-corrected chi connectivity index (χ4v) is 1.94. The van der Waals surface area contributed by atoms with E-state index in [0.29, 0.717) is 0 Å². The Bertz CT molecular complexity index is 542. The van der Waals surface area contributed by atoms with Gasteiger partial charge in [-0.2, -0.15) is 0 Å². The Morgan fingerprint density at radius 2 is 2.10 bits per heavy atom. The van der Waals surface area contributed by atoms with Crippen molar-refractivity contribution in [2.24, 2.45) is 0 Å². The number of rotatable bonds is 6. The Kier molecular flexibility index (Phi) is 4.90. The Balaban J connectivity index is 2.05. The zero-order chi connectivity index (χ0) is 14.4. The van der Waals surface area contributed by atoms with Crippen LogP contribution in [0.1, 0.15) is 11.3 Å². The standard InChI is InChI=1S/C15H20N4O/c1-16-8-13-9-18-15(10-17-13)19(2)11-12-5-4-6-14(7-12)20-3/h4-7,9-10,16H,8,11H2,1-3H3. The molecular formula is C15H20N4O. The largest absolute Gasteiger partial charge is 0.497 e. The van der Waals surface area contributed by atoms with E-state index in [2.05, 4.69) is 26.3 Å². The van der Waals surface area contributed by atoms with Gasteiger partial charge in [-0.3, -0.25) is 4.98 Å². The third-order valence-electron chi connectivity index (χ3n) is 2.99. The van der Waals surface area contributed by atoms with Crippen molar-refractivity contribution in [3.05, 3.63) is 47.9 Å². The van der Waals surface area contributed by atoms with E-state index in [9.17, 15) is 0 Å². The minimum atomic E-state index is 0.729. The summed E-state index contributed by atoms with van der Waals surface area (Å²) in [6.07, 6.45) is 3.60. The maximum Gasteiger partial charge on any atom is 0.147 e. The van der Waals surface area contributed by atoms with Crippen LogP contribution in [-0.2, 0) is 13.1 Å². The van der Waals surface area contributed by atoms with Gasteiger partial charge >= 0.3 is 0 Å². The third-order valence-corrected chi connectivity index (χ3v) is 2.99. The molecule has 0 aliphatic heterocycles. The monoisotopic (exact) mass is 272 g/mol. The fourth-order valence-electron chi connectivity index (χ4n) is 1.94. The van der Waals surface area contributed by atoms with E-state index in [1.165, 1.54) is 5.56 Å². The van der Waals surface area contributed by atoms with Crippen molar-refractivity contribution in [1.82, 2.24) is 15.3 Å². The molecule has 0 radical (unpaired) electrons. The number of nitrogens with one attached hydrogen (secondary N) is 1. The van der Waals surface area contributed by atoms with Crippen molar-refractivity contribution in [3.63, 3.8) is 0 Å². The number of benzene rings is 1. The molecule has 1 heterocycles. The lowest BCUT2D eigenvalue weighted by atomic mass is 10.2. The zero-order valence-electron chi connectivity index (χ0n) is 12.1. The van der Waals surface area contributed by atoms with Gasteiger partial charge in [0.15, 0.2) is 0 Å². The molecule has 0 amide bonds. The summed E-state index contributed by atoms with van der Waals surface area (Å²) < 4.78 is 5.23. The lowest BCUT2D eigenvalue weighted by Gasteiger charge is -2.18. The molecule has 1 aromatic heterocycles. The molecule has 0 aliphatic rings. The van der Waals surface area contributed by atoms with Crippen molar-refractivity contribution in [2.75, 3.05) is 26.1 Å². The maximum atomic E-state index is 5.23. The van der Waals surface area contributed by atoms with Crippen LogP contribution in [0.3, 0.4) is 0 Å². The second-order valence-corrected chi connectivity index (χ2v) is 4.60. The minimum Gasteiger partial charge on any atom is -0.497 e. The molecule has 5 nitrogen and oxygen atoms in total. The molecule has 0 saturated carbocycles. The molecule has 106 valence electrons. The van der Waals surface area contributed by atoms with E-state index < -0.39 is 0 Å². The molecule has 20 heavy (non-hydrogen) atoms. The molecule has 0 bridgehead atoms. The average Bonchev–Trinajstić information content (AvgIpc) is 2.48. The van der Waals surface area contributed by atoms with Crippen molar-refractivity contribution in [1.29, 1.82) is 0 Å². The van der Waals surface area contributed by atoms with Gasteiger partial charge in [0.05, 0.1) is 25.2 Å². The number of methoxy groups -OCH3 is 1. The van der Waals surface area contributed by atoms with Crippen LogP contribution >= 0.6 is 0 Å². The van der Waals surface area contributed by atoms with Crippen molar-refractivity contribution >= 4 is 5.82 Å². The van der Waals surface area contributed by atoms with Crippen molar-refractivity contribution < 1.29 is 4.74 Å². The number of ether oxygens (including phenoxy) is 1. The topological polar surface area (TPSA) is 50.3 Å². The number of anilines is 1. The highest BCUT2D eigenvalue weighted by molar-refractivity contribution is 5.38. The molecule has 1 N–H and O–H groups in total. The highest BCUT2D eigenvalue weighted by atomic mass is 16.5. The first-order chi connectivity index (χ1) is 9.72. The zero-order valence-corrected chi connectivity index (χ0v) is 12.1. The maximum absolute atomic E-state index is 5.23. The summed E-state index contributed by atoms with van der Waals surface area (Å²) in [5, 5.41) is 3.06. The Morgan fingerprint density at radius 3 is 2.75 bits per heavy atom. The molecule has 0 aliphatic carbocycles. The molecule has 0 spiro atoms. The molecule has 0 atom stereocenters. The van der Waals surface area contributed by atoms with Crippen molar-refractivity contribution in [3.8, 4) is 5.75 Å². The van der Waals surface area contributed by atoms with Gasteiger partial charge < -0.3 is 15.0 Å². The number of hydrogen-bond acceptors (Lipinski definition) is 5. The highest BCUT2D eigenvalue weighted by Gasteiger charge is 2.05. The van der Waals surface area contributed by atoms with Crippen LogP contribution in [0.25, 0.3) is 0 Å². The Labute approximate surface area is 119 Å². The molecule has 1 aromatic carbocycles. The van der Waals surface area contributed by atoms with Crippen LogP contribution in [0.2, 0.25) is 0 Å². The summed E-state index contributed by atoms with van der Waals surface area (Å²) in [5.74, 6) is 1.72. The molecule has 0 fully saturated rings. The van der Waals surface area contributed by atoms with Crippen LogP contribution in [-0.4, -0.2) is 31.2 Å². The summed E-state index contributed by atoms with van der Waals surface area (Å²) in [4.78, 5) is 10.9. The van der Waals surface area contributed by atoms with E-state index in [0.717, 1.165) is 30.4 Å². The summed E-state index contributed by atoms with van der Waals surface area (Å²) in [6, 6.07) is 8.03. The molecule has 5 heteroatoms. The first-order valence-electron chi connectivity index (χ1n) is 6.52. The first-order valence-corrected chi connectivity index (χ1v) is 6.52. The molecular weight excluding hydrogens is 252 g/mol. The fraction of sp³-hybridized carbons (Fsp3) is 0.333.